The van der Waals surface area contributed by atoms with Crippen molar-refractivity contribution in [3.05, 3.63) is 17.1 Å². The van der Waals surface area contributed by atoms with Crippen molar-refractivity contribution in [2.24, 2.45) is 0 Å². The molecule has 0 aliphatic carbocycles. The minimum Gasteiger partial charge on any atom is -0.244 e. The van der Waals surface area contributed by atoms with Crippen molar-refractivity contribution in [3.8, 4) is 0 Å². The smallest absolute Gasteiger partial charge is 0.132 e. The highest BCUT2D eigenvalue weighted by molar-refractivity contribution is 7.26. The molecular weight excluding hydrogens is 124 g/mol. The summed E-state index contributed by atoms with van der Waals surface area (Å²) in [5, 5.41) is 1.18. The summed E-state index contributed by atoms with van der Waals surface area (Å²) in [6, 6.07) is 1.80. The van der Waals surface area contributed by atoms with Crippen LogP contribution in [-0.4, -0.2) is 4.75 Å². The van der Waals surface area contributed by atoms with Crippen LogP contribution < -0.4 is 0 Å². The molecular formula is C5H7FNP. The van der Waals surface area contributed by atoms with Crippen molar-refractivity contribution >= 4 is 8.35 Å². The zero-order valence-corrected chi connectivity index (χ0v) is 5.61. The van der Waals surface area contributed by atoms with Crippen molar-refractivity contribution in [2.45, 2.75) is 13.6 Å². The summed E-state index contributed by atoms with van der Waals surface area (Å²) in [6.07, 6.45) is 0. The topological polar surface area (TPSA) is 12.9 Å². The number of halogens is 1. The van der Waals surface area contributed by atoms with Crippen LogP contribution in [-0.2, 0) is 6.67 Å². The first-order chi connectivity index (χ1) is 3.83. The quantitative estimate of drug-likeness (QED) is 0.567. The fourth-order valence-electron chi connectivity index (χ4n) is 0.543. The summed E-state index contributed by atoms with van der Waals surface area (Å²) < 4.78 is 15.6. The normalized spacial score (nSPS) is 10.8. The first-order valence-electron chi connectivity index (χ1n) is 2.40. The summed E-state index contributed by atoms with van der Waals surface area (Å²) in [5.41, 5.74) is 0.598. The second-order valence-corrected chi connectivity index (χ2v) is 2.91. The first-order valence-corrected chi connectivity index (χ1v) is 3.34. The van der Waals surface area contributed by atoms with Gasteiger partial charge in [-0.05, 0) is 26.6 Å². The number of rotatable bonds is 1. The van der Waals surface area contributed by atoms with E-state index < -0.39 is 6.67 Å². The minimum absolute atomic E-state index is 0.412. The molecule has 0 fully saturated rings. The van der Waals surface area contributed by atoms with E-state index in [9.17, 15) is 4.39 Å². The molecule has 1 rings (SSSR count). The average molecular weight is 131 g/mol. The third-order valence-electron chi connectivity index (χ3n) is 0.896. The lowest BCUT2D eigenvalue weighted by Crippen LogP contribution is -1.71. The van der Waals surface area contributed by atoms with Crippen LogP contribution in [0.3, 0.4) is 0 Å². The molecule has 0 aliphatic heterocycles. The molecule has 3 heteroatoms. The van der Waals surface area contributed by atoms with Crippen LogP contribution >= 0.6 is 8.35 Å². The number of hydrogen-bond acceptors (Lipinski definition) is 1. The van der Waals surface area contributed by atoms with Crippen molar-refractivity contribution < 1.29 is 4.39 Å². The van der Waals surface area contributed by atoms with Crippen LogP contribution in [0.5, 0.6) is 0 Å². The summed E-state index contributed by atoms with van der Waals surface area (Å²) >= 11 is 0. The van der Waals surface area contributed by atoms with E-state index in [1.54, 1.807) is 6.07 Å². The van der Waals surface area contributed by atoms with Gasteiger partial charge in [-0.25, -0.2) is 9.14 Å². The molecule has 44 valence electrons. The van der Waals surface area contributed by atoms with E-state index in [-0.39, 0.29) is 0 Å². The van der Waals surface area contributed by atoms with Gasteiger partial charge in [-0.1, -0.05) is 0 Å². The number of aryl methyl sites for hydroxylation is 1. The second kappa shape index (κ2) is 2.27. The molecule has 0 saturated heterocycles. The van der Waals surface area contributed by atoms with E-state index >= 15 is 0 Å². The molecule has 1 atom stereocenters. The molecule has 0 radical (unpaired) electrons. The summed E-state index contributed by atoms with van der Waals surface area (Å²) in [7, 11) is 0.479. The molecule has 1 heterocycles. The minimum atomic E-state index is -0.412. The maximum Gasteiger partial charge on any atom is 0.132 e. The van der Waals surface area contributed by atoms with Gasteiger partial charge in [0.05, 0.1) is 5.69 Å². The highest BCUT2D eigenvalue weighted by Gasteiger charge is 1.92. The van der Waals surface area contributed by atoms with Gasteiger partial charge < -0.3 is 0 Å². The second-order valence-electron chi connectivity index (χ2n) is 1.68. The van der Waals surface area contributed by atoms with Crippen molar-refractivity contribution in [3.63, 3.8) is 0 Å². The van der Waals surface area contributed by atoms with Crippen LogP contribution in [0.25, 0.3) is 0 Å². The monoisotopic (exact) mass is 131 g/mol. The molecule has 0 amide bonds. The third-order valence-corrected chi connectivity index (χ3v) is 1.79. The summed E-state index contributed by atoms with van der Waals surface area (Å²) in [5.74, 6) is 0. The van der Waals surface area contributed by atoms with Gasteiger partial charge in [0, 0.05) is 0 Å². The fraction of sp³-hybridized carbons (Fsp3) is 0.400. The van der Waals surface area contributed by atoms with Gasteiger partial charge in [0.25, 0.3) is 0 Å². The molecule has 0 spiro atoms. The predicted octanol–water partition coefficient (Wildman–Crippen LogP) is 1.89. The molecule has 0 N–H and O–H groups in total. The Hall–Kier alpha value is -0.360. The van der Waals surface area contributed by atoms with Crippen molar-refractivity contribution in [2.75, 3.05) is 0 Å². The van der Waals surface area contributed by atoms with E-state index in [2.05, 4.69) is 4.75 Å². The SMILES string of the molecule is Cc1cc(CF)n[pH]1. The van der Waals surface area contributed by atoms with Crippen LogP contribution in [0.15, 0.2) is 6.07 Å². The van der Waals surface area contributed by atoms with E-state index in [0.29, 0.717) is 14.0 Å². The number of alkyl halides is 1. The summed E-state index contributed by atoms with van der Waals surface area (Å²) in [6.45, 7) is 1.55. The summed E-state index contributed by atoms with van der Waals surface area (Å²) in [4.78, 5) is 0. The number of aromatic nitrogens is 1. The maximum atomic E-state index is 11.7. The average Bonchev–Trinajstić information content (AvgIpc) is 2.14. The van der Waals surface area contributed by atoms with Crippen LogP contribution in [0.2, 0.25) is 0 Å². The number of nitrogens with zero attached hydrogens (tertiary/aromatic N) is 1. The van der Waals surface area contributed by atoms with Crippen LogP contribution in [0.1, 0.15) is 11.0 Å². The zero-order chi connectivity index (χ0) is 5.98. The molecule has 0 aliphatic rings. The van der Waals surface area contributed by atoms with Crippen LogP contribution in [0.4, 0.5) is 4.39 Å². The Kier molecular flexibility index (Phi) is 1.64. The molecule has 1 aromatic heterocycles. The van der Waals surface area contributed by atoms with E-state index in [4.69, 9.17) is 0 Å². The molecule has 0 aromatic carbocycles. The third kappa shape index (κ3) is 1.07. The van der Waals surface area contributed by atoms with E-state index in [1.165, 1.54) is 5.30 Å². The Bertz CT molecular complexity index is 173. The molecule has 0 bridgehead atoms. The zero-order valence-electron chi connectivity index (χ0n) is 4.61. The van der Waals surface area contributed by atoms with Crippen molar-refractivity contribution in [1.82, 2.24) is 4.75 Å². The van der Waals surface area contributed by atoms with Crippen LogP contribution in [0, 0.1) is 6.92 Å². The Morgan fingerprint density at radius 1 is 1.88 bits per heavy atom. The Labute approximate surface area is 49.1 Å². The van der Waals surface area contributed by atoms with Crippen molar-refractivity contribution in [1.29, 1.82) is 0 Å². The lowest BCUT2D eigenvalue weighted by atomic mass is 10.4. The molecule has 1 unspecified atom stereocenters. The molecule has 0 saturated carbocycles. The number of hydrogen-bond donors (Lipinski definition) is 0. The molecule has 1 aromatic rings. The lowest BCUT2D eigenvalue weighted by Gasteiger charge is -1.76. The van der Waals surface area contributed by atoms with Gasteiger partial charge >= 0.3 is 0 Å². The van der Waals surface area contributed by atoms with Gasteiger partial charge in [-0.2, -0.15) is 0 Å². The van der Waals surface area contributed by atoms with Gasteiger partial charge in [0.15, 0.2) is 0 Å². The van der Waals surface area contributed by atoms with Gasteiger partial charge in [0.2, 0.25) is 0 Å². The molecule has 1 nitrogen and oxygen atoms in total. The van der Waals surface area contributed by atoms with E-state index in [0.717, 1.165) is 0 Å². The Morgan fingerprint density at radius 3 is 2.88 bits per heavy atom. The fourth-order valence-corrected chi connectivity index (χ4v) is 1.22. The maximum absolute atomic E-state index is 11.7. The standard InChI is InChI=1S/C5H7FNP/c1-4-2-5(3-6)7-8-4/h2,8H,3H2,1H3. The molecule has 8 heavy (non-hydrogen) atoms. The highest BCUT2D eigenvalue weighted by atomic mass is 31.0. The highest BCUT2D eigenvalue weighted by Crippen LogP contribution is 2.13. The Balaban J connectivity index is 2.84. The largest absolute Gasteiger partial charge is 0.244 e. The lowest BCUT2D eigenvalue weighted by molar-refractivity contribution is 0.479. The predicted molar refractivity (Wildman–Crippen MR) is 33.3 cm³/mol. The van der Waals surface area contributed by atoms with Gasteiger partial charge in [-0.3, -0.25) is 0 Å². The van der Waals surface area contributed by atoms with E-state index in [1.807, 2.05) is 6.92 Å². The first kappa shape index (κ1) is 5.77. The Morgan fingerprint density at radius 2 is 2.62 bits per heavy atom. The van der Waals surface area contributed by atoms with Gasteiger partial charge in [0.1, 0.15) is 6.67 Å². The van der Waals surface area contributed by atoms with Gasteiger partial charge in [-0.15, -0.1) is 0 Å².